The number of urea groups is 1. The molecule has 5 heteroatoms. The Kier molecular flexibility index (Phi) is 6.25. The van der Waals surface area contributed by atoms with Crippen LogP contribution in [0.5, 0.6) is 0 Å². The Labute approximate surface area is 131 Å². The topological polar surface area (TPSA) is 78.4 Å². The molecule has 0 heterocycles. The van der Waals surface area contributed by atoms with Gasteiger partial charge in [-0.1, -0.05) is 44.2 Å². The van der Waals surface area contributed by atoms with Gasteiger partial charge in [0.25, 0.3) is 0 Å². The highest BCUT2D eigenvalue weighted by molar-refractivity contribution is 5.87. The molecule has 3 N–H and O–H groups in total. The molecule has 0 bridgehead atoms. The van der Waals surface area contributed by atoms with Gasteiger partial charge < -0.3 is 15.7 Å². The van der Waals surface area contributed by atoms with Gasteiger partial charge in [0, 0.05) is 13.1 Å². The van der Waals surface area contributed by atoms with Gasteiger partial charge in [0.2, 0.25) is 0 Å². The van der Waals surface area contributed by atoms with E-state index in [-0.39, 0.29) is 11.6 Å². The summed E-state index contributed by atoms with van der Waals surface area (Å²) in [5.74, 6) is -0.183. The van der Waals surface area contributed by atoms with Crippen molar-refractivity contribution in [1.82, 2.24) is 10.6 Å². The third-order valence-corrected chi connectivity index (χ3v) is 4.22. The van der Waals surface area contributed by atoms with Crippen molar-refractivity contribution in [2.75, 3.05) is 6.54 Å². The third kappa shape index (κ3) is 5.39. The molecule has 0 atom stereocenters. The minimum absolute atomic E-state index is 0.168. The number of hydrogen-bond acceptors (Lipinski definition) is 2. The van der Waals surface area contributed by atoms with Gasteiger partial charge in [0.1, 0.15) is 0 Å². The highest BCUT2D eigenvalue weighted by atomic mass is 16.4. The first-order valence-electron chi connectivity index (χ1n) is 7.99. The lowest BCUT2D eigenvalue weighted by atomic mass is 9.87. The van der Waals surface area contributed by atoms with E-state index in [0.29, 0.717) is 13.1 Å². The van der Waals surface area contributed by atoms with Gasteiger partial charge in [-0.05, 0) is 30.0 Å². The van der Waals surface area contributed by atoms with Crippen LogP contribution in [0.4, 0.5) is 4.79 Å². The summed E-state index contributed by atoms with van der Waals surface area (Å²) in [7, 11) is 0. The summed E-state index contributed by atoms with van der Waals surface area (Å²) in [4.78, 5) is 22.5. The van der Waals surface area contributed by atoms with Crippen LogP contribution in [0.2, 0.25) is 0 Å². The predicted molar refractivity (Wildman–Crippen MR) is 84.8 cm³/mol. The van der Waals surface area contributed by atoms with Crippen LogP contribution >= 0.6 is 0 Å². The molecule has 0 aromatic heterocycles. The second kappa shape index (κ2) is 8.41. The van der Waals surface area contributed by atoms with Crippen molar-refractivity contribution < 1.29 is 14.7 Å². The van der Waals surface area contributed by atoms with Crippen molar-refractivity contribution in [2.24, 2.45) is 5.92 Å². The van der Waals surface area contributed by atoms with Crippen LogP contribution in [-0.2, 0) is 6.54 Å². The van der Waals surface area contributed by atoms with E-state index in [1.807, 2.05) is 0 Å². The lowest BCUT2D eigenvalue weighted by Gasteiger charge is -2.21. The largest absolute Gasteiger partial charge is 0.478 e. The molecule has 0 saturated heterocycles. The Balaban J connectivity index is 1.63. The van der Waals surface area contributed by atoms with E-state index in [4.69, 9.17) is 5.11 Å². The predicted octanol–water partition coefficient (Wildman–Crippen LogP) is 3.15. The first-order chi connectivity index (χ1) is 10.6. The smallest absolute Gasteiger partial charge is 0.335 e. The molecule has 1 aromatic rings. The van der Waals surface area contributed by atoms with Gasteiger partial charge in [-0.25, -0.2) is 9.59 Å². The summed E-state index contributed by atoms with van der Waals surface area (Å²) in [6.07, 6.45) is 7.64. The van der Waals surface area contributed by atoms with Gasteiger partial charge in [-0.3, -0.25) is 0 Å². The van der Waals surface area contributed by atoms with Crippen molar-refractivity contribution in [3.8, 4) is 0 Å². The minimum atomic E-state index is -0.944. The summed E-state index contributed by atoms with van der Waals surface area (Å²) in [5.41, 5.74) is 1.13. The Hall–Kier alpha value is -2.04. The number of nitrogens with one attached hydrogen (secondary N) is 2. The monoisotopic (exact) mass is 304 g/mol. The molecule has 22 heavy (non-hydrogen) atoms. The zero-order chi connectivity index (χ0) is 15.8. The Morgan fingerprint density at radius 2 is 1.73 bits per heavy atom. The summed E-state index contributed by atoms with van der Waals surface area (Å²) < 4.78 is 0. The van der Waals surface area contributed by atoms with E-state index in [1.54, 1.807) is 24.3 Å². The van der Waals surface area contributed by atoms with Crippen molar-refractivity contribution >= 4 is 12.0 Å². The molecule has 0 spiro atoms. The van der Waals surface area contributed by atoms with E-state index < -0.39 is 5.97 Å². The third-order valence-electron chi connectivity index (χ3n) is 4.22. The Morgan fingerprint density at radius 1 is 1.05 bits per heavy atom. The summed E-state index contributed by atoms with van der Waals surface area (Å²) in [6, 6.07) is 6.34. The molecule has 1 aromatic carbocycles. The lowest BCUT2D eigenvalue weighted by Crippen LogP contribution is -2.36. The second-order valence-corrected chi connectivity index (χ2v) is 5.90. The average Bonchev–Trinajstić information content (AvgIpc) is 2.54. The highest BCUT2D eigenvalue weighted by Gasteiger charge is 2.13. The Morgan fingerprint density at radius 3 is 2.36 bits per heavy atom. The average molecular weight is 304 g/mol. The minimum Gasteiger partial charge on any atom is -0.478 e. The lowest BCUT2D eigenvalue weighted by molar-refractivity contribution is 0.0697. The number of hydrogen-bond donors (Lipinski definition) is 3. The SMILES string of the molecule is O=C(NCCC1CCCCC1)NCc1ccc(C(=O)O)cc1. The van der Waals surface area contributed by atoms with Crippen molar-refractivity contribution in [3.05, 3.63) is 35.4 Å². The van der Waals surface area contributed by atoms with E-state index in [0.717, 1.165) is 17.9 Å². The van der Waals surface area contributed by atoms with Crippen LogP contribution in [0.25, 0.3) is 0 Å². The van der Waals surface area contributed by atoms with Crippen LogP contribution in [0.1, 0.15) is 54.4 Å². The molecule has 5 nitrogen and oxygen atoms in total. The fourth-order valence-electron chi connectivity index (χ4n) is 2.88. The molecule has 0 unspecified atom stereocenters. The molecule has 1 fully saturated rings. The number of carbonyl (C=O) groups excluding carboxylic acids is 1. The first kappa shape index (κ1) is 16.3. The van der Waals surface area contributed by atoms with Gasteiger partial charge in [-0.2, -0.15) is 0 Å². The maximum Gasteiger partial charge on any atom is 0.335 e. The molecule has 1 aliphatic carbocycles. The van der Waals surface area contributed by atoms with Crippen LogP contribution in [0.15, 0.2) is 24.3 Å². The van der Waals surface area contributed by atoms with E-state index in [9.17, 15) is 9.59 Å². The second-order valence-electron chi connectivity index (χ2n) is 5.90. The molecular formula is C17H24N2O3. The normalized spacial score (nSPS) is 15.3. The van der Waals surface area contributed by atoms with Crippen LogP contribution in [0.3, 0.4) is 0 Å². The van der Waals surface area contributed by atoms with Crippen molar-refractivity contribution in [3.63, 3.8) is 0 Å². The standard InChI is InChI=1S/C17H24N2O3/c20-16(21)15-8-6-14(7-9-15)12-19-17(22)18-11-10-13-4-2-1-3-5-13/h6-9,13H,1-5,10-12H2,(H,20,21)(H2,18,19,22). The quantitative estimate of drug-likeness (QED) is 0.755. The highest BCUT2D eigenvalue weighted by Crippen LogP contribution is 2.25. The zero-order valence-corrected chi connectivity index (χ0v) is 12.8. The first-order valence-corrected chi connectivity index (χ1v) is 7.99. The van der Waals surface area contributed by atoms with E-state index >= 15 is 0 Å². The maximum absolute atomic E-state index is 11.7. The van der Waals surface area contributed by atoms with E-state index in [1.165, 1.54) is 32.1 Å². The fraction of sp³-hybridized carbons (Fsp3) is 0.529. The molecule has 0 radical (unpaired) electrons. The molecule has 2 rings (SSSR count). The maximum atomic E-state index is 11.7. The molecule has 120 valence electrons. The van der Waals surface area contributed by atoms with Crippen LogP contribution < -0.4 is 10.6 Å². The van der Waals surface area contributed by atoms with Crippen LogP contribution in [-0.4, -0.2) is 23.7 Å². The van der Waals surface area contributed by atoms with Gasteiger partial charge in [-0.15, -0.1) is 0 Å². The summed E-state index contributed by atoms with van der Waals surface area (Å²) in [5, 5.41) is 14.5. The number of carboxylic acid groups (broad SMARTS) is 1. The number of carboxylic acids is 1. The summed E-state index contributed by atoms with van der Waals surface area (Å²) in [6.45, 7) is 1.11. The molecule has 0 aliphatic heterocycles. The number of rotatable bonds is 6. The molecule has 1 saturated carbocycles. The van der Waals surface area contributed by atoms with Gasteiger partial charge in [0.05, 0.1) is 5.56 Å². The van der Waals surface area contributed by atoms with Crippen LogP contribution in [0, 0.1) is 5.92 Å². The number of aromatic carboxylic acids is 1. The Bertz CT molecular complexity index is 493. The number of benzene rings is 1. The number of amides is 2. The fourth-order valence-corrected chi connectivity index (χ4v) is 2.88. The molecular weight excluding hydrogens is 280 g/mol. The van der Waals surface area contributed by atoms with Gasteiger partial charge >= 0.3 is 12.0 Å². The van der Waals surface area contributed by atoms with Crippen molar-refractivity contribution in [2.45, 2.75) is 45.1 Å². The van der Waals surface area contributed by atoms with Crippen molar-refractivity contribution in [1.29, 1.82) is 0 Å². The molecule has 2 amide bonds. The van der Waals surface area contributed by atoms with E-state index in [2.05, 4.69) is 10.6 Å². The van der Waals surface area contributed by atoms with Gasteiger partial charge in [0.15, 0.2) is 0 Å². The molecule has 1 aliphatic rings. The number of carbonyl (C=O) groups is 2. The zero-order valence-electron chi connectivity index (χ0n) is 12.8. The summed E-state index contributed by atoms with van der Waals surface area (Å²) >= 11 is 0.